The molecule has 1 aliphatic rings. The lowest BCUT2D eigenvalue weighted by Crippen LogP contribution is -2.44. The molecule has 0 radical (unpaired) electrons. The van der Waals surface area contributed by atoms with Crippen LogP contribution >= 0.6 is 0 Å². The number of pyridine rings is 1. The first kappa shape index (κ1) is 20.8. The smallest absolute Gasteiger partial charge is 0.228 e. The normalized spacial score (nSPS) is 18.2. The number of amides is 2. The first-order valence-electron chi connectivity index (χ1n) is 10.4. The summed E-state index contributed by atoms with van der Waals surface area (Å²) in [6.07, 6.45) is 0.949. The molecule has 160 valence electrons. The number of rotatable bonds is 6. The van der Waals surface area contributed by atoms with Crippen molar-refractivity contribution in [2.24, 2.45) is 5.41 Å². The van der Waals surface area contributed by atoms with Gasteiger partial charge in [0.1, 0.15) is 11.5 Å². The molecule has 2 aromatic heterocycles. The number of hydrogen-bond acceptors (Lipinski definition) is 5. The Morgan fingerprint density at radius 1 is 1.16 bits per heavy atom. The van der Waals surface area contributed by atoms with Gasteiger partial charge in [0.05, 0.1) is 17.7 Å². The predicted octanol–water partition coefficient (Wildman–Crippen LogP) is 3.14. The molecule has 0 bridgehead atoms. The van der Waals surface area contributed by atoms with Crippen LogP contribution in [0.3, 0.4) is 0 Å². The summed E-state index contributed by atoms with van der Waals surface area (Å²) in [5, 5.41) is 7.20. The zero-order chi connectivity index (χ0) is 21.8. The lowest BCUT2D eigenvalue weighted by Gasteiger charge is -2.27. The predicted molar refractivity (Wildman–Crippen MR) is 116 cm³/mol. The highest BCUT2D eigenvalue weighted by molar-refractivity contribution is 5.85. The monoisotopic (exact) mass is 418 g/mol. The van der Waals surface area contributed by atoms with Crippen LogP contribution in [-0.4, -0.2) is 39.9 Å². The molecule has 31 heavy (non-hydrogen) atoms. The van der Waals surface area contributed by atoms with E-state index in [0.29, 0.717) is 38.2 Å². The number of aromatic nitrogens is 2. The quantitative estimate of drug-likeness (QED) is 0.664. The van der Waals surface area contributed by atoms with Gasteiger partial charge in [-0.05, 0) is 25.5 Å². The molecule has 7 heteroatoms. The van der Waals surface area contributed by atoms with E-state index in [1.54, 1.807) is 4.90 Å². The van der Waals surface area contributed by atoms with E-state index >= 15 is 0 Å². The summed E-state index contributed by atoms with van der Waals surface area (Å²) in [6, 6.07) is 17.4. The summed E-state index contributed by atoms with van der Waals surface area (Å²) in [6.45, 7) is 4.70. The Kier molecular flexibility index (Phi) is 5.84. The summed E-state index contributed by atoms with van der Waals surface area (Å²) < 4.78 is 5.58. The Balaban J connectivity index is 1.53. The van der Waals surface area contributed by atoms with Crippen molar-refractivity contribution in [3.63, 3.8) is 0 Å². The van der Waals surface area contributed by atoms with Crippen molar-refractivity contribution >= 4 is 11.8 Å². The maximum atomic E-state index is 13.3. The van der Waals surface area contributed by atoms with E-state index < -0.39 is 5.41 Å². The number of likely N-dealkylation sites (tertiary alicyclic amines) is 1. The van der Waals surface area contributed by atoms with Crippen LogP contribution in [0.15, 0.2) is 59.1 Å². The van der Waals surface area contributed by atoms with Gasteiger partial charge in [-0.1, -0.05) is 41.6 Å². The van der Waals surface area contributed by atoms with Gasteiger partial charge >= 0.3 is 0 Å². The topological polar surface area (TPSA) is 88.3 Å². The van der Waals surface area contributed by atoms with E-state index in [1.807, 2.05) is 61.5 Å². The maximum Gasteiger partial charge on any atom is 0.228 e. The summed E-state index contributed by atoms with van der Waals surface area (Å²) in [4.78, 5) is 31.5. The van der Waals surface area contributed by atoms with Crippen LogP contribution in [0.2, 0.25) is 0 Å². The molecule has 4 rings (SSSR count). The van der Waals surface area contributed by atoms with Crippen LogP contribution in [-0.2, 0) is 22.6 Å². The van der Waals surface area contributed by atoms with Crippen molar-refractivity contribution in [3.05, 3.63) is 71.7 Å². The number of nitrogens with zero attached hydrogens (tertiary/aromatic N) is 3. The molecule has 1 N–H and O–H groups in total. The molecule has 3 aromatic rings. The molecule has 1 aromatic carbocycles. The Morgan fingerprint density at radius 2 is 1.97 bits per heavy atom. The summed E-state index contributed by atoms with van der Waals surface area (Å²) in [5.74, 6) is 0.503. The van der Waals surface area contributed by atoms with Gasteiger partial charge in [-0.15, -0.1) is 0 Å². The molecule has 7 nitrogen and oxygen atoms in total. The number of carbonyl (C=O) groups is 2. The number of aryl methyl sites for hydroxylation is 1. The van der Waals surface area contributed by atoms with Crippen LogP contribution in [0, 0.1) is 12.3 Å². The summed E-state index contributed by atoms with van der Waals surface area (Å²) >= 11 is 0. The van der Waals surface area contributed by atoms with E-state index in [1.165, 1.54) is 6.92 Å². The number of nitrogens with one attached hydrogen (secondary N) is 1. The molecule has 2 amide bonds. The Hall–Kier alpha value is -3.48. The standard InChI is InChI=1S/C24H26N4O3/c1-17-7-6-10-20(26-17)15-25-23(30)24(11-12-28(16-24)18(2)29)14-21-13-22(27-31-21)19-8-4-3-5-9-19/h3-10,13H,11-12,14-16H2,1-2H3,(H,25,30)/t24-/m0/s1. The second-order valence-electron chi connectivity index (χ2n) is 8.15. The minimum Gasteiger partial charge on any atom is -0.361 e. The Bertz CT molecular complexity index is 1080. The minimum absolute atomic E-state index is 0.0300. The highest BCUT2D eigenvalue weighted by Crippen LogP contribution is 2.36. The van der Waals surface area contributed by atoms with Gasteiger partial charge < -0.3 is 14.7 Å². The van der Waals surface area contributed by atoms with Gasteiger partial charge in [-0.25, -0.2) is 0 Å². The van der Waals surface area contributed by atoms with Crippen LogP contribution in [0.1, 0.15) is 30.5 Å². The van der Waals surface area contributed by atoms with Crippen LogP contribution < -0.4 is 5.32 Å². The zero-order valence-corrected chi connectivity index (χ0v) is 17.8. The average Bonchev–Trinajstić information content (AvgIpc) is 3.41. The molecule has 1 atom stereocenters. The van der Waals surface area contributed by atoms with Gasteiger partial charge in [0, 0.05) is 43.8 Å². The lowest BCUT2D eigenvalue weighted by molar-refractivity contribution is -0.132. The third kappa shape index (κ3) is 4.66. The first-order valence-corrected chi connectivity index (χ1v) is 10.4. The molecule has 0 aliphatic carbocycles. The molecular formula is C24H26N4O3. The molecule has 0 saturated carbocycles. The SMILES string of the molecule is CC(=O)N1CC[C@@](Cc2cc(-c3ccccc3)no2)(C(=O)NCc2cccc(C)n2)C1. The number of hydrogen-bond donors (Lipinski definition) is 1. The van der Waals surface area contributed by atoms with Gasteiger partial charge in [0.2, 0.25) is 11.8 Å². The fourth-order valence-corrected chi connectivity index (χ4v) is 4.08. The van der Waals surface area contributed by atoms with Crippen molar-refractivity contribution in [3.8, 4) is 11.3 Å². The fraction of sp³-hybridized carbons (Fsp3) is 0.333. The highest BCUT2D eigenvalue weighted by Gasteiger charge is 2.46. The lowest BCUT2D eigenvalue weighted by atomic mass is 9.81. The molecule has 1 fully saturated rings. The van der Waals surface area contributed by atoms with Crippen LogP contribution in [0.25, 0.3) is 11.3 Å². The van der Waals surface area contributed by atoms with E-state index in [0.717, 1.165) is 22.6 Å². The average molecular weight is 418 g/mol. The summed E-state index contributed by atoms with van der Waals surface area (Å²) in [5.41, 5.74) is 2.63. The molecular weight excluding hydrogens is 392 g/mol. The van der Waals surface area contributed by atoms with E-state index in [-0.39, 0.29) is 11.8 Å². The molecule has 1 aliphatic heterocycles. The second-order valence-corrected chi connectivity index (χ2v) is 8.15. The maximum absolute atomic E-state index is 13.3. The molecule has 1 saturated heterocycles. The third-order valence-corrected chi connectivity index (χ3v) is 5.80. The van der Waals surface area contributed by atoms with E-state index in [4.69, 9.17) is 4.52 Å². The van der Waals surface area contributed by atoms with Crippen molar-refractivity contribution in [2.75, 3.05) is 13.1 Å². The Labute approximate surface area is 181 Å². The third-order valence-electron chi connectivity index (χ3n) is 5.80. The fourth-order valence-electron chi connectivity index (χ4n) is 4.08. The second kappa shape index (κ2) is 8.71. The van der Waals surface area contributed by atoms with Gasteiger partial charge in [-0.2, -0.15) is 0 Å². The van der Waals surface area contributed by atoms with Crippen LogP contribution in [0.4, 0.5) is 0 Å². The van der Waals surface area contributed by atoms with Gasteiger partial charge in [0.15, 0.2) is 0 Å². The number of carbonyl (C=O) groups excluding carboxylic acids is 2. The number of benzene rings is 1. The van der Waals surface area contributed by atoms with Gasteiger partial charge in [-0.3, -0.25) is 14.6 Å². The van der Waals surface area contributed by atoms with Crippen molar-refractivity contribution in [2.45, 2.75) is 33.2 Å². The minimum atomic E-state index is -0.761. The molecule has 3 heterocycles. The first-order chi connectivity index (χ1) is 14.9. The van der Waals surface area contributed by atoms with Crippen molar-refractivity contribution < 1.29 is 14.1 Å². The van der Waals surface area contributed by atoms with E-state index in [2.05, 4.69) is 15.5 Å². The largest absolute Gasteiger partial charge is 0.361 e. The highest BCUT2D eigenvalue weighted by atomic mass is 16.5. The summed E-state index contributed by atoms with van der Waals surface area (Å²) in [7, 11) is 0. The zero-order valence-electron chi connectivity index (χ0n) is 17.8. The van der Waals surface area contributed by atoms with Crippen LogP contribution in [0.5, 0.6) is 0 Å². The molecule has 0 spiro atoms. The van der Waals surface area contributed by atoms with Gasteiger partial charge in [0.25, 0.3) is 0 Å². The van der Waals surface area contributed by atoms with E-state index in [9.17, 15) is 9.59 Å². The molecule has 0 unspecified atom stereocenters. The van der Waals surface area contributed by atoms with Crippen molar-refractivity contribution in [1.82, 2.24) is 20.4 Å². The van der Waals surface area contributed by atoms with Crippen molar-refractivity contribution in [1.29, 1.82) is 0 Å². The Morgan fingerprint density at radius 3 is 2.68 bits per heavy atom.